The summed E-state index contributed by atoms with van der Waals surface area (Å²) in [5.74, 6) is 0.625. The number of rotatable bonds is 5. The molecule has 0 aliphatic carbocycles. The molecule has 0 unspecified atom stereocenters. The zero-order valence-corrected chi connectivity index (χ0v) is 11.3. The lowest BCUT2D eigenvalue weighted by Crippen LogP contribution is -2.10. The Hall–Kier alpha value is -1.94. The third-order valence-corrected chi connectivity index (χ3v) is 2.84. The number of aromatic nitrogens is 2. The van der Waals surface area contributed by atoms with E-state index in [-0.39, 0.29) is 5.56 Å². The van der Waals surface area contributed by atoms with Gasteiger partial charge in [0.1, 0.15) is 5.82 Å². The fourth-order valence-electron chi connectivity index (χ4n) is 1.95. The molecule has 0 radical (unpaired) electrons. The summed E-state index contributed by atoms with van der Waals surface area (Å²) in [6.45, 7) is 2.65. The van der Waals surface area contributed by atoms with Crippen LogP contribution in [-0.2, 0) is 17.8 Å². The number of hydrogen-bond acceptors (Lipinski definition) is 3. The van der Waals surface area contributed by atoms with Crippen LogP contribution in [-0.4, -0.2) is 17.1 Å². The monoisotopic (exact) mass is 258 g/mol. The molecular weight excluding hydrogens is 240 g/mol. The first kappa shape index (κ1) is 13.5. The Balaban J connectivity index is 2.32. The summed E-state index contributed by atoms with van der Waals surface area (Å²) < 4.78 is 5.07. The van der Waals surface area contributed by atoms with E-state index in [1.165, 1.54) is 0 Å². The number of nitrogens with zero attached hydrogens (tertiary/aromatic N) is 1. The first-order valence-corrected chi connectivity index (χ1v) is 6.41. The Kier molecular flexibility index (Phi) is 4.47. The van der Waals surface area contributed by atoms with E-state index < -0.39 is 0 Å². The van der Waals surface area contributed by atoms with Crippen molar-refractivity contribution in [3.8, 4) is 11.4 Å². The highest BCUT2D eigenvalue weighted by Gasteiger charge is 2.04. The van der Waals surface area contributed by atoms with Crippen molar-refractivity contribution in [2.75, 3.05) is 7.11 Å². The van der Waals surface area contributed by atoms with Crippen LogP contribution < -0.4 is 5.56 Å². The van der Waals surface area contributed by atoms with E-state index in [1.807, 2.05) is 24.3 Å². The Morgan fingerprint density at radius 1 is 1.26 bits per heavy atom. The van der Waals surface area contributed by atoms with Gasteiger partial charge in [-0.1, -0.05) is 37.6 Å². The number of ether oxygens (including phenoxy) is 1. The van der Waals surface area contributed by atoms with E-state index in [4.69, 9.17) is 4.74 Å². The van der Waals surface area contributed by atoms with Gasteiger partial charge in [-0.3, -0.25) is 4.79 Å². The van der Waals surface area contributed by atoms with Crippen LogP contribution in [0.1, 0.15) is 24.6 Å². The number of benzene rings is 1. The molecule has 2 rings (SSSR count). The standard InChI is InChI=1S/C15H18N2O2/c1-3-4-13-9-14(18)17-15(16-13)12-7-5-11(6-8-12)10-19-2/h5-9H,3-4,10H2,1-2H3,(H,16,17,18). The van der Waals surface area contributed by atoms with Crippen LogP contribution in [0.25, 0.3) is 11.4 Å². The predicted octanol–water partition coefficient (Wildman–Crippen LogP) is 2.54. The first-order chi connectivity index (χ1) is 9.22. The lowest BCUT2D eigenvalue weighted by molar-refractivity contribution is 0.185. The molecule has 1 aromatic carbocycles. The van der Waals surface area contributed by atoms with E-state index in [2.05, 4.69) is 16.9 Å². The highest BCUT2D eigenvalue weighted by atomic mass is 16.5. The molecule has 0 saturated carbocycles. The minimum absolute atomic E-state index is 0.102. The molecule has 4 nitrogen and oxygen atoms in total. The van der Waals surface area contributed by atoms with Crippen molar-refractivity contribution in [3.05, 3.63) is 51.9 Å². The average Bonchev–Trinajstić information content (AvgIpc) is 2.40. The summed E-state index contributed by atoms with van der Waals surface area (Å²) in [6, 6.07) is 9.41. The summed E-state index contributed by atoms with van der Waals surface area (Å²) in [6.07, 6.45) is 1.79. The number of H-pyrrole nitrogens is 1. The second-order valence-electron chi connectivity index (χ2n) is 4.47. The average molecular weight is 258 g/mol. The molecule has 0 saturated heterocycles. The summed E-state index contributed by atoms with van der Waals surface area (Å²) in [4.78, 5) is 18.9. The Morgan fingerprint density at radius 2 is 2.00 bits per heavy atom. The van der Waals surface area contributed by atoms with Gasteiger partial charge in [0, 0.05) is 24.4 Å². The van der Waals surface area contributed by atoms with Gasteiger partial charge in [-0.2, -0.15) is 0 Å². The lowest BCUT2D eigenvalue weighted by atomic mass is 10.1. The molecule has 1 heterocycles. The van der Waals surface area contributed by atoms with Crippen LogP contribution >= 0.6 is 0 Å². The van der Waals surface area contributed by atoms with Gasteiger partial charge in [0.15, 0.2) is 0 Å². The normalized spacial score (nSPS) is 10.6. The molecule has 0 spiro atoms. The molecule has 0 aliphatic heterocycles. The second-order valence-corrected chi connectivity index (χ2v) is 4.47. The maximum Gasteiger partial charge on any atom is 0.251 e. The van der Waals surface area contributed by atoms with Gasteiger partial charge < -0.3 is 9.72 Å². The zero-order valence-electron chi connectivity index (χ0n) is 11.3. The molecule has 0 amide bonds. The van der Waals surface area contributed by atoms with Gasteiger partial charge >= 0.3 is 0 Å². The molecule has 1 aromatic heterocycles. The highest BCUT2D eigenvalue weighted by Crippen LogP contribution is 2.15. The van der Waals surface area contributed by atoms with Crippen molar-refractivity contribution >= 4 is 0 Å². The summed E-state index contributed by atoms with van der Waals surface area (Å²) in [7, 11) is 1.67. The number of hydrogen-bond donors (Lipinski definition) is 1. The molecule has 0 bridgehead atoms. The second kappa shape index (κ2) is 6.29. The maximum atomic E-state index is 11.6. The van der Waals surface area contributed by atoms with E-state index in [1.54, 1.807) is 13.2 Å². The van der Waals surface area contributed by atoms with Gasteiger partial charge in [0.25, 0.3) is 5.56 Å². The largest absolute Gasteiger partial charge is 0.380 e. The minimum atomic E-state index is -0.102. The number of aryl methyl sites for hydroxylation is 1. The molecule has 100 valence electrons. The zero-order chi connectivity index (χ0) is 13.7. The predicted molar refractivity (Wildman–Crippen MR) is 75.0 cm³/mol. The van der Waals surface area contributed by atoms with Gasteiger partial charge in [0.2, 0.25) is 0 Å². The van der Waals surface area contributed by atoms with Crippen molar-refractivity contribution < 1.29 is 4.74 Å². The molecule has 0 atom stereocenters. The summed E-state index contributed by atoms with van der Waals surface area (Å²) in [5, 5.41) is 0. The Labute approximate surface area is 112 Å². The third-order valence-electron chi connectivity index (χ3n) is 2.84. The summed E-state index contributed by atoms with van der Waals surface area (Å²) in [5.41, 5.74) is 2.74. The molecule has 0 aliphatic rings. The molecule has 0 fully saturated rings. The van der Waals surface area contributed by atoms with E-state index >= 15 is 0 Å². The van der Waals surface area contributed by atoms with Gasteiger partial charge in [-0.15, -0.1) is 0 Å². The SMILES string of the molecule is CCCc1cc(=O)[nH]c(-c2ccc(COC)cc2)n1. The van der Waals surface area contributed by atoms with Crippen LogP contribution in [0.3, 0.4) is 0 Å². The molecule has 4 heteroatoms. The van der Waals surface area contributed by atoms with Crippen LogP contribution in [0, 0.1) is 0 Å². The fraction of sp³-hybridized carbons (Fsp3) is 0.333. The van der Waals surface area contributed by atoms with Crippen LogP contribution in [0.2, 0.25) is 0 Å². The minimum Gasteiger partial charge on any atom is -0.380 e. The van der Waals surface area contributed by atoms with E-state index in [0.29, 0.717) is 12.4 Å². The topological polar surface area (TPSA) is 55.0 Å². The Bertz CT molecular complexity index is 588. The smallest absolute Gasteiger partial charge is 0.251 e. The van der Waals surface area contributed by atoms with E-state index in [9.17, 15) is 4.79 Å². The quantitative estimate of drug-likeness (QED) is 0.896. The van der Waals surface area contributed by atoms with Crippen LogP contribution in [0.4, 0.5) is 0 Å². The fourth-order valence-corrected chi connectivity index (χ4v) is 1.95. The van der Waals surface area contributed by atoms with Gasteiger partial charge in [0.05, 0.1) is 6.61 Å². The molecular formula is C15H18N2O2. The van der Waals surface area contributed by atoms with Crippen molar-refractivity contribution in [2.45, 2.75) is 26.4 Å². The highest BCUT2D eigenvalue weighted by molar-refractivity contribution is 5.55. The molecule has 19 heavy (non-hydrogen) atoms. The number of aromatic amines is 1. The van der Waals surface area contributed by atoms with Crippen molar-refractivity contribution in [3.63, 3.8) is 0 Å². The lowest BCUT2D eigenvalue weighted by Gasteiger charge is -2.05. The van der Waals surface area contributed by atoms with E-state index in [0.717, 1.165) is 29.7 Å². The Morgan fingerprint density at radius 3 is 2.63 bits per heavy atom. The summed E-state index contributed by atoms with van der Waals surface area (Å²) >= 11 is 0. The van der Waals surface area contributed by atoms with Crippen molar-refractivity contribution in [2.24, 2.45) is 0 Å². The number of nitrogens with one attached hydrogen (secondary N) is 1. The third kappa shape index (κ3) is 3.51. The first-order valence-electron chi connectivity index (χ1n) is 6.41. The van der Waals surface area contributed by atoms with Crippen LogP contribution in [0.15, 0.2) is 35.1 Å². The molecule has 1 N–H and O–H groups in total. The van der Waals surface area contributed by atoms with Crippen LogP contribution in [0.5, 0.6) is 0 Å². The number of methoxy groups -OCH3 is 1. The maximum absolute atomic E-state index is 11.6. The van der Waals surface area contributed by atoms with Gasteiger partial charge in [-0.25, -0.2) is 4.98 Å². The van der Waals surface area contributed by atoms with Crippen molar-refractivity contribution in [1.29, 1.82) is 0 Å². The van der Waals surface area contributed by atoms with Gasteiger partial charge in [-0.05, 0) is 12.0 Å². The van der Waals surface area contributed by atoms with Crippen molar-refractivity contribution in [1.82, 2.24) is 9.97 Å². The molecule has 2 aromatic rings.